The van der Waals surface area contributed by atoms with Crippen molar-refractivity contribution in [2.45, 2.75) is 40.3 Å². The minimum atomic E-state index is -0.925. The molecule has 0 radical (unpaired) electrons. The first-order valence-electron chi connectivity index (χ1n) is 6.88. The van der Waals surface area contributed by atoms with Gasteiger partial charge in [-0.05, 0) is 51.0 Å². The summed E-state index contributed by atoms with van der Waals surface area (Å²) in [5, 5.41) is 9.05. The summed E-state index contributed by atoms with van der Waals surface area (Å²) >= 11 is 0. The molecule has 5 nitrogen and oxygen atoms in total. The fourth-order valence-electron chi connectivity index (χ4n) is 2.36. The standard InChI is InChI=1S/C16H20N2O3/c1-10(2)18-9-17-7-14(18)8-21-15-11(3)5-13(16(19)20)6-12(15)4/h5-7,9-10H,8H2,1-4H3,(H,19,20). The molecule has 0 aliphatic carbocycles. The van der Waals surface area contributed by atoms with Gasteiger partial charge in [0.25, 0.3) is 0 Å². The van der Waals surface area contributed by atoms with Gasteiger partial charge in [-0.2, -0.15) is 0 Å². The summed E-state index contributed by atoms with van der Waals surface area (Å²) in [4.78, 5) is 15.2. The minimum absolute atomic E-state index is 0.282. The van der Waals surface area contributed by atoms with Crippen molar-refractivity contribution >= 4 is 5.97 Å². The molecule has 112 valence electrons. The summed E-state index contributed by atoms with van der Waals surface area (Å²) < 4.78 is 7.94. The van der Waals surface area contributed by atoms with E-state index in [0.717, 1.165) is 22.6 Å². The molecule has 0 unspecified atom stereocenters. The molecule has 0 saturated heterocycles. The summed E-state index contributed by atoms with van der Waals surface area (Å²) in [5.41, 5.74) is 2.92. The predicted octanol–water partition coefficient (Wildman–Crippen LogP) is 3.36. The van der Waals surface area contributed by atoms with Crippen molar-refractivity contribution in [3.63, 3.8) is 0 Å². The first-order valence-corrected chi connectivity index (χ1v) is 6.88. The second-order valence-corrected chi connectivity index (χ2v) is 5.42. The van der Waals surface area contributed by atoms with Crippen LogP contribution >= 0.6 is 0 Å². The molecule has 0 fully saturated rings. The molecule has 0 amide bonds. The van der Waals surface area contributed by atoms with Gasteiger partial charge < -0.3 is 14.4 Å². The van der Waals surface area contributed by atoms with Gasteiger partial charge in [0.15, 0.2) is 0 Å². The number of imidazole rings is 1. The van der Waals surface area contributed by atoms with E-state index < -0.39 is 5.97 Å². The average Bonchev–Trinajstić information content (AvgIpc) is 2.86. The molecule has 2 rings (SSSR count). The van der Waals surface area contributed by atoms with Crippen molar-refractivity contribution in [1.82, 2.24) is 9.55 Å². The highest BCUT2D eigenvalue weighted by Gasteiger charge is 2.12. The highest BCUT2D eigenvalue weighted by Crippen LogP contribution is 2.26. The quantitative estimate of drug-likeness (QED) is 0.916. The van der Waals surface area contributed by atoms with Crippen LogP contribution in [0.25, 0.3) is 0 Å². The Morgan fingerprint density at radius 1 is 1.33 bits per heavy atom. The third-order valence-corrected chi connectivity index (χ3v) is 3.37. The maximum atomic E-state index is 11.0. The molecule has 0 aliphatic rings. The summed E-state index contributed by atoms with van der Waals surface area (Å²) in [6.07, 6.45) is 3.58. The van der Waals surface area contributed by atoms with Crippen molar-refractivity contribution in [3.05, 3.63) is 47.0 Å². The summed E-state index contributed by atoms with van der Waals surface area (Å²) in [7, 11) is 0. The molecule has 5 heteroatoms. The second-order valence-electron chi connectivity index (χ2n) is 5.42. The molecule has 0 spiro atoms. The van der Waals surface area contributed by atoms with E-state index in [1.54, 1.807) is 24.7 Å². The zero-order valence-electron chi connectivity index (χ0n) is 12.8. The highest BCUT2D eigenvalue weighted by molar-refractivity contribution is 5.88. The summed E-state index contributed by atoms with van der Waals surface area (Å²) in [5.74, 6) is -0.192. The van der Waals surface area contributed by atoms with Gasteiger partial charge in [0.2, 0.25) is 0 Å². The van der Waals surface area contributed by atoms with Crippen LogP contribution in [-0.4, -0.2) is 20.6 Å². The number of aromatic nitrogens is 2. The van der Waals surface area contributed by atoms with E-state index in [2.05, 4.69) is 23.4 Å². The lowest BCUT2D eigenvalue weighted by molar-refractivity contribution is 0.0696. The molecule has 21 heavy (non-hydrogen) atoms. The van der Waals surface area contributed by atoms with E-state index in [1.165, 1.54) is 0 Å². The van der Waals surface area contributed by atoms with Crippen LogP contribution in [0.4, 0.5) is 0 Å². The smallest absolute Gasteiger partial charge is 0.335 e. The minimum Gasteiger partial charge on any atom is -0.487 e. The predicted molar refractivity (Wildman–Crippen MR) is 79.8 cm³/mol. The summed E-state index contributed by atoms with van der Waals surface area (Å²) in [6.45, 7) is 8.29. The van der Waals surface area contributed by atoms with Gasteiger partial charge in [-0.15, -0.1) is 0 Å². The van der Waals surface area contributed by atoms with E-state index in [-0.39, 0.29) is 5.56 Å². The van der Waals surface area contributed by atoms with Crippen LogP contribution in [0.3, 0.4) is 0 Å². The van der Waals surface area contributed by atoms with E-state index in [9.17, 15) is 4.79 Å². The number of nitrogens with zero attached hydrogens (tertiary/aromatic N) is 2. The molecule has 0 atom stereocenters. The van der Waals surface area contributed by atoms with E-state index in [0.29, 0.717) is 12.6 Å². The Bertz CT molecular complexity index is 636. The molecule has 1 heterocycles. The van der Waals surface area contributed by atoms with Crippen LogP contribution < -0.4 is 4.74 Å². The SMILES string of the molecule is Cc1cc(C(=O)O)cc(C)c1OCc1cncn1C(C)C. The van der Waals surface area contributed by atoms with Crippen LogP contribution in [0, 0.1) is 13.8 Å². The number of benzene rings is 1. The normalized spacial score (nSPS) is 10.9. The van der Waals surface area contributed by atoms with Gasteiger partial charge in [-0.3, -0.25) is 0 Å². The molecule has 0 aliphatic heterocycles. The number of hydrogen-bond donors (Lipinski definition) is 1. The number of carboxylic acid groups (broad SMARTS) is 1. The number of aromatic carboxylic acids is 1. The largest absolute Gasteiger partial charge is 0.487 e. The lowest BCUT2D eigenvalue weighted by Crippen LogP contribution is -2.08. The highest BCUT2D eigenvalue weighted by atomic mass is 16.5. The van der Waals surface area contributed by atoms with Crippen LogP contribution in [0.2, 0.25) is 0 Å². The first-order chi connectivity index (χ1) is 9.90. The van der Waals surface area contributed by atoms with Gasteiger partial charge in [-0.1, -0.05) is 0 Å². The van der Waals surface area contributed by atoms with Gasteiger partial charge >= 0.3 is 5.97 Å². The van der Waals surface area contributed by atoms with Gasteiger partial charge in [-0.25, -0.2) is 9.78 Å². The Morgan fingerprint density at radius 3 is 2.48 bits per heavy atom. The number of rotatable bonds is 5. The number of carbonyl (C=O) groups is 1. The maximum Gasteiger partial charge on any atom is 0.335 e. The molecule has 1 N–H and O–H groups in total. The zero-order valence-corrected chi connectivity index (χ0v) is 12.8. The molecule has 1 aromatic heterocycles. The monoisotopic (exact) mass is 288 g/mol. The first kappa shape index (κ1) is 15.1. The zero-order chi connectivity index (χ0) is 15.6. The third kappa shape index (κ3) is 3.24. The Kier molecular flexibility index (Phi) is 4.31. The fourth-order valence-corrected chi connectivity index (χ4v) is 2.36. The Labute approximate surface area is 124 Å². The topological polar surface area (TPSA) is 64.3 Å². The fraction of sp³-hybridized carbons (Fsp3) is 0.375. The molecular weight excluding hydrogens is 268 g/mol. The third-order valence-electron chi connectivity index (χ3n) is 3.37. The van der Waals surface area contributed by atoms with E-state index in [4.69, 9.17) is 9.84 Å². The van der Waals surface area contributed by atoms with Gasteiger partial charge in [0.1, 0.15) is 12.4 Å². The van der Waals surface area contributed by atoms with Crippen molar-refractivity contribution in [2.24, 2.45) is 0 Å². The van der Waals surface area contributed by atoms with E-state index >= 15 is 0 Å². The van der Waals surface area contributed by atoms with Crippen LogP contribution in [0.15, 0.2) is 24.7 Å². The van der Waals surface area contributed by atoms with Crippen molar-refractivity contribution in [2.75, 3.05) is 0 Å². The Hall–Kier alpha value is -2.30. The van der Waals surface area contributed by atoms with Crippen LogP contribution in [0.5, 0.6) is 5.75 Å². The Balaban J connectivity index is 2.20. The lowest BCUT2D eigenvalue weighted by atomic mass is 10.1. The van der Waals surface area contributed by atoms with Crippen molar-refractivity contribution in [1.29, 1.82) is 0 Å². The molecule has 0 saturated carbocycles. The van der Waals surface area contributed by atoms with Crippen LogP contribution in [-0.2, 0) is 6.61 Å². The van der Waals surface area contributed by atoms with Crippen molar-refractivity contribution in [3.8, 4) is 5.75 Å². The van der Waals surface area contributed by atoms with E-state index in [1.807, 2.05) is 13.8 Å². The molecule has 0 bridgehead atoms. The molecule has 1 aromatic carbocycles. The van der Waals surface area contributed by atoms with Crippen molar-refractivity contribution < 1.29 is 14.6 Å². The van der Waals surface area contributed by atoms with Gasteiger partial charge in [0, 0.05) is 6.04 Å². The lowest BCUT2D eigenvalue weighted by Gasteiger charge is -2.15. The van der Waals surface area contributed by atoms with Gasteiger partial charge in [0.05, 0.1) is 23.8 Å². The molecular formula is C16H20N2O3. The van der Waals surface area contributed by atoms with Crippen LogP contribution in [0.1, 0.15) is 47.1 Å². The maximum absolute atomic E-state index is 11.0. The number of carboxylic acids is 1. The number of aryl methyl sites for hydroxylation is 2. The number of hydrogen-bond acceptors (Lipinski definition) is 3. The summed E-state index contributed by atoms with van der Waals surface area (Å²) in [6, 6.07) is 3.58. The average molecular weight is 288 g/mol. The second kappa shape index (κ2) is 5.99. The molecule has 2 aromatic rings. The Morgan fingerprint density at radius 2 is 1.95 bits per heavy atom. The number of ether oxygens (including phenoxy) is 1.